The number of carboxylic acids is 1. The first kappa shape index (κ1) is 11.2. The minimum Gasteiger partial charge on any atom is -0.481 e. The van der Waals surface area contributed by atoms with E-state index in [2.05, 4.69) is 0 Å². The Labute approximate surface area is 94.4 Å². The van der Waals surface area contributed by atoms with E-state index < -0.39 is 23.1 Å². The summed E-state index contributed by atoms with van der Waals surface area (Å²) in [7, 11) is 0. The van der Waals surface area contributed by atoms with E-state index in [9.17, 15) is 9.59 Å². The van der Waals surface area contributed by atoms with E-state index in [0.717, 1.165) is 0 Å². The monoisotopic (exact) mass is 227 g/mol. The van der Waals surface area contributed by atoms with Gasteiger partial charge < -0.3 is 14.7 Å². The predicted molar refractivity (Wildman–Crippen MR) is 56.0 cm³/mol. The summed E-state index contributed by atoms with van der Waals surface area (Å²) in [6.07, 6.45) is 0.728. The summed E-state index contributed by atoms with van der Waals surface area (Å²) in [6, 6.07) is -0.153. The molecule has 5 nitrogen and oxygen atoms in total. The van der Waals surface area contributed by atoms with Crippen molar-refractivity contribution in [3.63, 3.8) is 0 Å². The van der Waals surface area contributed by atoms with Gasteiger partial charge in [-0.2, -0.15) is 0 Å². The minimum absolute atomic E-state index is 0.153. The maximum atomic E-state index is 11.8. The standard InChI is InChI=1S/C11H17NO4/c1-10(2,3)16-9(15)12-5-4-11(8(13)14)6-7(11)12/h7H,4-6H2,1-3H3,(H,13,14). The summed E-state index contributed by atoms with van der Waals surface area (Å²) >= 11 is 0. The fourth-order valence-electron chi connectivity index (χ4n) is 2.31. The average molecular weight is 227 g/mol. The number of piperidine rings is 1. The van der Waals surface area contributed by atoms with Crippen LogP contribution in [0.4, 0.5) is 4.79 Å². The Morgan fingerprint density at radius 3 is 2.44 bits per heavy atom. The molecule has 1 amide bonds. The largest absolute Gasteiger partial charge is 0.481 e. The van der Waals surface area contributed by atoms with Gasteiger partial charge in [0.15, 0.2) is 0 Å². The fourth-order valence-corrected chi connectivity index (χ4v) is 2.31. The Balaban J connectivity index is 2.00. The van der Waals surface area contributed by atoms with E-state index in [1.807, 2.05) is 0 Å². The van der Waals surface area contributed by atoms with Gasteiger partial charge in [-0.1, -0.05) is 0 Å². The van der Waals surface area contributed by atoms with Crippen molar-refractivity contribution < 1.29 is 19.4 Å². The number of hydrogen-bond donors (Lipinski definition) is 1. The molecule has 0 radical (unpaired) electrons. The molecule has 90 valence electrons. The second-order valence-electron chi connectivity index (χ2n) is 5.60. The summed E-state index contributed by atoms with van der Waals surface area (Å²) in [5, 5.41) is 9.07. The van der Waals surface area contributed by atoms with Crippen LogP contribution in [0.5, 0.6) is 0 Å². The van der Waals surface area contributed by atoms with Gasteiger partial charge in [-0.15, -0.1) is 0 Å². The lowest BCUT2D eigenvalue weighted by molar-refractivity contribution is -0.143. The number of fused-ring (bicyclic) bond motifs is 1. The van der Waals surface area contributed by atoms with E-state index in [1.165, 1.54) is 0 Å². The highest BCUT2D eigenvalue weighted by Crippen LogP contribution is 2.57. The van der Waals surface area contributed by atoms with Crippen LogP contribution in [0.3, 0.4) is 0 Å². The zero-order valence-electron chi connectivity index (χ0n) is 9.82. The number of ether oxygens (including phenoxy) is 1. The van der Waals surface area contributed by atoms with E-state index in [0.29, 0.717) is 19.4 Å². The molecule has 2 aliphatic rings. The highest BCUT2D eigenvalue weighted by molar-refractivity contribution is 5.83. The van der Waals surface area contributed by atoms with Gasteiger partial charge in [-0.3, -0.25) is 4.79 Å². The van der Waals surface area contributed by atoms with Crippen molar-refractivity contribution in [3.8, 4) is 0 Å². The lowest BCUT2D eigenvalue weighted by Crippen LogP contribution is -2.37. The van der Waals surface area contributed by atoms with Crippen molar-refractivity contribution in [2.45, 2.75) is 45.3 Å². The summed E-state index contributed by atoms with van der Waals surface area (Å²) in [5.41, 5.74) is -1.20. The molecule has 2 unspecified atom stereocenters. The maximum Gasteiger partial charge on any atom is 0.410 e. The van der Waals surface area contributed by atoms with Crippen molar-refractivity contribution in [2.24, 2.45) is 5.41 Å². The number of carboxylic acid groups (broad SMARTS) is 1. The van der Waals surface area contributed by atoms with Crippen LogP contribution in [-0.2, 0) is 9.53 Å². The number of carbonyl (C=O) groups is 2. The first-order valence-corrected chi connectivity index (χ1v) is 5.49. The topological polar surface area (TPSA) is 66.8 Å². The molecule has 1 N–H and O–H groups in total. The van der Waals surface area contributed by atoms with Crippen molar-refractivity contribution in [3.05, 3.63) is 0 Å². The van der Waals surface area contributed by atoms with E-state index in [-0.39, 0.29) is 6.04 Å². The lowest BCUT2D eigenvalue weighted by Gasteiger charge is -2.25. The lowest BCUT2D eigenvalue weighted by atomic mass is 10.1. The first-order chi connectivity index (χ1) is 7.26. The number of likely N-dealkylation sites (tertiary alicyclic amines) is 1. The van der Waals surface area contributed by atoms with E-state index in [4.69, 9.17) is 9.84 Å². The van der Waals surface area contributed by atoms with Gasteiger partial charge >= 0.3 is 12.1 Å². The second kappa shape index (κ2) is 3.12. The van der Waals surface area contributed by atoms with Crippen molar-refractivity contribution in [1.82, 2.24) is 4.90 Å². The van der Waals surface area contributed by atoms with Gasteiger partial charge in [0, 0.05) is 6.54 Å². The maximum absolute atomic E-state index is 11.8. The Morgan fingerprint density at radius 2 is 2.06 bits per heavy atom. The molecule has 1 aliphatic carbocycles. The van der Waals surface area contributed by atoms with E-state index in [1.54, 1.807) is 25.7 Å². The first-order valence-electron chi connectivity index (χ1n) is 5.49. The Hall–Kier alpha value is -1.26. The van der Waals surface area contributed by atoms with E-state index >= 15 is 0 Å². The third-order valence-corrected chi connectivity index (χ3v) is 3.26. The van der Waals surface area contributed by atoms with Gasteiger partial charge in [0.2, 0.25) is 0 Å². The van der Waals surface area contributed by atoms with Gasteiger partial charge in [-0.05, 0) is 33.6 Å². The quantitative estimate of drug-likeness (QED) is 0.736. The average Bonchev–Trinajstić information content (AvgIpc) is 2.70. The van der Waals surface area contributed by atoms with Gasteiger partial charge in [0.05, 0.1) is 11.5 Å². The summed E-state index contributed by atoms with van der Waals surface area (Å²) in [5.74, 6) is -0.788. The molecule has 1 saturated carbocycles. The normalized spacial score (nSPS) is 32.2. The molecule has 16 heavy (non-hydrogen) atoms. The predicted octanol–water partition coefficient (Wildman–Crippen LogP) is 1.47. The molecule has 0 spiro atoms. The van der Waals surface area contributed by atoms with Crippen LogP contribution in [0.25, 0.3) is 0 Å². The highest BCUT2D eigenvalue weighted by Gasteiger charge is 2.68. The third kappa shape index (κ3) is 1.64. The summed E-state index contributed by atoms with van der Waals surface area (Å²) in [6.45, 7) is 5.90. The molecule has 0 bridgehead atoms. The third-order valence-electron chi connectivity index (χ3n) is 3.26. The van der Waals surface area contributed by atoms with Crippen LogP contribution in [0.2, 0.25) is 0 Å². The smallest absolute Gasteiger partial charge is 0.410 e. The second-order valence-corrected chi connectivity index (χ2v) is 5.60. The molecule has 5 heteroatoms. The molecule has 2 rings (SSSR count). The molecule has 1 heterocycles. The van der Waals surface area contributed by atoms with Crippen LogP contribution < -0.4 is 0 Å². The molecule has 1 aliphatic heterocycles. The SMILES string of the molecule is CC(C)(C)OC(=O)N1CCC2(C(=O)O)CC12. The zero-order valence-corrected chi connectivity index (χ0v) is 9.82. The number of rotatable bonds is 1. The Kier molecular flexibility index (Phi) is 2.19. The molecule has 2 fully saturated rings. The number of nitrogens with zero attached hydrogens (tertiary/aromatic N) is 1. The molecule has 0 aromatic heterocycles. The van der Waals surface area contributed by atoms with Crippen molar-refractivity contribution in [1.29, 1.82) is 0 Å². The summed E-state index contributed by atoms with van der Waals surface area (Å²) in [4.78, 5) is 24.4. The molecule has 0 aromatic carbocycles. The number of aliphatic carboxylic acids is 1. The number of carbonyl (C=O) groups excluding carboxylic acids is 1. The number of amides is 1. The minimum atomic E-state index is -0.788. The van der Waals surface area contributed by atoms with Gasteiger partial charge in [-0.25, -0.2) is 4.79 Å². The van der Waals surface area contributed by atoms with Crippen LogP contribution in [0, 0.1) is 5.41 Å². The zero-order chi connectivity index (χ0) is 12.1. The molecule has 1 saturated heterocycles. The Bertz CT molecular complexity index is 346. The Morgan fingerprint density at radius 1 is 1.44 bits per heavy atom. The molecular formula is C11H17NO4. The number of hydrogen-bond acceptors (Lipinski definition) is 3. The van der Waals surface area contributed by atoms with Gasteiger partial charge in [0.1, 0.15) is 5.60 Å². The van der Waals surface area contributed by atoms with Crippen LogP contribution >= 0.6 is 0 Å². The molecular weight excluding hydrogens is 210 g/mol. The van der Waals surface area contributed by atoms with Crippen LogP contribution in [-0.4, -0.2) is 40.3 Å². The fraction of sp³-hybridized carbons (Fsp3) is 0.818. The van der Waals surface area contributed by atoms with Crippen LogP contribution in [0.1, 0.15) is 33.6 Å². The van der Waals surface area contributed by atoms with Gasteiger partial charge in [0.25, 0.3) is 0 Å². The van der Waals surface area contributed by atoms with Crippen LogP contribution in [0.15, 0.2) is 0 Å². The molecule has 0 aromatic rings. The highest BCUT2D eigenvalue weighted by atomic mass is 16.6. The molecule has 2 atom stereocenters. The summed E-state index contributed by atoms with van der Waals surface area (Å²) < 4.78 is 5.24. The van der Waals surface area contributed by atoms with Crippen molar-refractivity contribution in [2.75, 3.05) is 6.54 Å². The van der Waals surface area contributed by atoms with Crippen molar-refractivity contribution >= 4 is 12.1 Å².